The van der Waals surface area contributed by atoms with Crippen molar-refractivity contribution in [3.05, 3.63) is 29.3 Å². The Morgan fingerprint density at radius 2 is 1.87 bits per heavy atom. The first-order chi connectivity index (χ1) is 7.08. The van der Waals surface area contributed by atoms with E-state index in [0.717, 1.165) is 23.7 Å². The largest absolute Gasteiger partial charge is 0.383 e. The summed E-state index contributed by atoms with van der Waals surface area (Å²) in [5, 5.41) is 4.05. The smallest absolute Gasteiger partial charge is 0.0407 e. The van der Waals surface area contributed by atoms with Crippen molar-refractivity contribution in [1.82, 2.24) is 0 Å². The van der Waals surface area contributed by atoms with E-state index in [4.69, 9.17) is 17.3 Å². The Hall–Kier alpha value is -0.730. The normalized spacial score (nSPS) is 12.9. The van der Waals surface area contributed by atoms with Gasteiger partial charge in [0.15, 0.2) is 0 Å². The number of benzene rings is 1. The molecule has 3 N–H and O–H groups in total. The Kier molecular flexibility index (Phi) is 4.92. The summed E-state index contributed by atoms with van der Waals surface area (Å²) in [7, 11) is 0. The Labute approximate surface area is 96.8 Å². The van der Waals surface area contributed by atoms with E-state index in [1.165, 1.54) is 0 Å². The lowest BCUT2D eigenvalue weighted by Gasteiger charge is -2.15. The van der Waals surface area contributed by atoms with Gasteiger partial charge in [0.05, 0.1) is 0 Å². The molecule has 0 aliphatic rings. The minimum Gasteiger partial charge on any atom is -0.383 e. The van der Waals surface area contributed by atoms with Crippen molar-refractivity contribution in [3.63, 3.8) is 0 Å². The number of nitrogens with one attached hydrogen (secondary N) is 1. The molecule has 0 spiro atoms. The fraction of sp³-hybridized carbons (Fsp3) is 0.500. The van der Waals surface area contributed by atoms with Gasteiger partial charge in [-0.3, -0.25) is 0 Å². The second kappa shape index (κ2) is 5.99. The Balaban J connectivity index is 2.33. The van der Waals surface area contributed by atoms with E-state index in [1.807, 2.05) is 24.3 Å². The van der Waals surface area contributed by atoms with E-state index in [2.05, 4.69) is 19.2 Å². The molecule has 2 nitrogen and oxygen atoms in total. The summed E-state index contributed by atoms with van der Waals surface area (Å²) >= 11 is 5.79. The Morgan fingerprint density at radius 3 is 2.40 bits per heavy atom. The first-order valence-electron chi connectivity index (χ1n) is 5.33. The van der Waals surface area contributed by atoms with Gasteiger partial charge in [-0.1, -0.05) is 25.4 Å². The topological polar surface area (TPSA) is 38.0 Å². The van der Waals surface area contributed by atoms with Gasteiger partial charge >= 0.3 is 0 Å². The van der Waals surface area contributed by atoms with Crippen molar-refractivity contribution in [1.29, 1.82) is 0 Å². The van der Waals surface area contributed by atoms with Gasteiger partial charge in [-0.05, 0) is 36.6 Å². The van der Waals surface area contributed by atoms with Crippen LogP contribution in [0.3, 0.4) is 0 Å². The first kappa shape index (κ1) is 12.3. The van der Waals surface area contributed by atoms with Gasteiger partial charge < -0.3 is 11.1 Å². The molecule has 0 amide bonds. The van der Waals surface area contributed by atoms with E-state index in [9.17, 15) is 0 Å². The average molecular weight is 227 g/mol. The van der Waals surface area contributed by atoms with Crippen LogP contribution in [0.5, 0.6) is 0 Å². The molecule has 3 heteroatoms. The molecule has 15 heavy (non-hydrogen) atoms. The quantitative estimate of drug-likeness (QED) is 0.810. The highest BCUT2D eigenvalue weighted by Crippen LogP contribution is 2.13. The summed E-state index contributed by atoms with van der Waals surface area (Å²) in [5.41, 5.74) is 7.03. The van der Waals surface area contributed by atoms with E-state index < -0.39 is 0 Å². The monoisotopic (exact) mass is 226 g/mol. The van der Waals surface area contributed by atoms with Crippen LogP contribution in [0.4, 0.5) is 5.69 Å². The number of anilines is 1. The molecular formula is C12H19ClN2. The molecule has 0 saturated carbocycles. The molecule has 84 valence electrons. The minimum atomic E-state index is 0.209. The fourth-order valence-corrected chi connectivity index (χ4v) is 1.63. The molecule has 0 aliphatic heterocycles. The standard InChI is InChI=1S/C12H19ClN2/c1-9(2)7-11(14)8-15-12-5-3-10(13)4-6-12/h3-6,9,11,15H,7-8,14H2,1-2H3. The van der Waals surface area contributed by atoms with Crippen LogP contribution in [0, 0.1) is 5.92 Å². The van der Waals surface area contributed by atoms with Crippen molar-refractivity contribution >= 4 is 17.3 Å². The Morgan fingerprint density at radius 1 is 1.27 bits per heavy atom. The number of hydrogen-bond acceptors (Lipinski definition) is 2. The minimum absolute atomic E-state index is 0.209. The van der Waals surface area contributed by atoms with Crippen LogP contribution in [0.2, 0.25) is 5.02 Å². The maximum absolute atomic E-state index is 5.96. The van der Waals surface area contributed by atoms with Crippen LogP contribution in [-0.2, 0) is 0 Å². The highest BCUT2D eigenvalue weighted by atomic mass is 35.5. The molecule has 0 saturated heterocycles. The summed E-state index contributed by atoms with van der Waals surface area (Å²) in [6.45, 7) is 5.17. The van der Waals surface area contributed by atoms with Crippen molar-refractivity contribution < 1.29 is 0 Å². The molecule has 0 bridgehead atoms. The summed E-state index contributed by atoms with van der Waals surface area (Å²) in [4.78, 5) is 0. The van der Waals surface area contributed by atoms with E-state index in [0.29, 0.717) is 5.92 Å². The van der Waals surface area contributed by atoms with Gasteiger partial charge in [-0.15, -0.1) is 0 Å². The highest BCUT2D eigenvalue weighted by Gasteiger charge is 2.04. The molecule has 0 aliphatic carbocycles. The van der Waals surface area contributed by atoms with E-state index in [-0.39, 0.29) is 6.04 Å². The molecule has 1 aromatic rings. The molecule has 0 fully saturated rings. The summed E-state index contributed by atoms with van der Waals surface area (Å²) in [5.74, 6) is 0.645. The predicted octanol–water partition coefficient (Wildman–Crippen LogP) is 3.13. The van der Waals surface area contributed by atoms with Gasteiger partial charge in [-0.2, -0.15) is 0 Å². The molecule has 0 radical (unpaired) electrons. The molecular weight excluding hydrogens is 208 g/mol. The first-order valence-corrected chi connectivity index (χ1v) is 5.70. The molecule has 1 rings (SSSR count). The second-order valence-electron chi connectivity index (χ2n) is 4.28. The fourth-order valence-electron chi connectivity index (χ4n) is 1.51. The van der Waals surface area contributed by atoms with Crippen LogP contribution >= 0.6 is 11.6 Å². The van der Waals surface area contributed by atoms with Crippen LogP contribution in [-0.4, -0.2) is 12.6 Å². The molecule has 1 aromatic carbocycles. The average Bonchev–Trinajstić information content (AvgIpc) is 2.16. The SMILES string of the molecule is CC(C)CC(N)CNc1ccc(Cl)cc1. The van der Waals surface area contributed by atoms with Crippen LogP contribution in [0.1, 0.15) is 20.3 Å². The predicted molar refractivity (Wildman–Crippen MR) is 67.4 cm³/mol. The number of rotatable bonds is 5. The van der Waals surface area contributed by atoms with Crippen LogP contribution in [0.15, 0.2) is 24.3 Å². The van der Waals surface area contributed by atoms with Gasteiger partial charge in [0.2, 0.25) is 0 Å². The zero-order valence-corrected chi connectivity index (χ0v) is 10.1. The van der Waals surface area contributed by atoms with E-state index in [1.54, 1.807) is 0 Å². The molecule has 1 atom stereocenters. The summed E-state index contributed by atoms with van der Waals surface area (Å²) in [6, 6.07) is 7.88. The zero-order valence-electron chi connectivity index (χ0n) is 9.33. The maximum Gasteiger partial charge on any atom is 0.0407 e. The number of hydrogen-bond donors (Lipinski definition) is 2. The molecule has 1 unspecified atom stereocenters. The van der Waals surface area contributed by atoms with Gasteiger partial charge in [-0.25, -0.2) is 0 Å². The third-order valence-electron chi connectivity index (χ3n) is 2.19. The van der Waals surface area contributed by atoms with Crippen molar-refractivity contribution in [2.45, 2.75) is 26.3 Å². The van der Waals surface area contributed by atoms with Gasteiger partial charge in [0, 0.05) is 23.3 Å². The molecule has 0 heterocycles. The van der Waals surface area contributed by atoms with Crippen LogP contribution in [0.25, 0.3) is 0 Å². The maximum atomic E-state index is 5.96. The van der Waals surface area contributed by atoms with E-state index >= 15 is 0 Å². The number of halogens is 1. The summed E-state index contributed by atoms with van der Waals surface area (Å²) < 4.78 is 0. The highest BCUT2D eigenvalue weighted by molar-refractivity contribution is 6.30. The second-order valence-corrected chi connectivity index (χ2v) is 4.71. The lowest BCUT2D eigenvalue weighted by atomic mass is 10.0. The van der Waals surface area contributed by atoms with Crippen molar-refractivity contribution in [3.8, 4) is 0 Å². The van der Waals surface area contributed by atoms with Crippen molar-refractivity contribution in [2.75, 3.05) is 11.9 Å². The summed E-state index contributed by atoms with van der Waals surface area (Å²) in [6.07, 6.45) is 1.04. The third-order valence-corrected chi connectivity index (χ3v) is 2.44. The zero-order chi connectivity index (χ0) is 11.3. The number of nitrogens with two attached hydrogens (primary N) is 1. The van der Waals surface area contributed by atoms with Gasteiger partial charge in [0.1, 0.15) is 0 Å². The Bertz CT molecular complexity index is 282. The lowest BCUT2D eigenvalue weighted by molar-refractivity contribution is 0.508. The van der Waals surface area contributed by atoms with Crippen LogP contribution < -0.4 is 11.1 Å². The lowest BCUT2D eigenvalue weighted by Crippen LogP contribution is -2.30. The molecule has 0 aromatic heterocycles. The van der Waals surface area contributed by atoms with Crippen molar-refractivity contribution in [2.24, 2.45) is 11.7 Å². The van der Waals surface area contributed by atoms with Gasteiger partial charge in [0.25, 0.3) is 0 Å². The third kappa shape index (κ3) is 5.05.